The molecule has 0 saturated carbocycles. The lowest BCUT2D eigenvalue weighted by Gasteiger charge is -2.18. The average molecular weight is 312 g/mol. The lowest BCUT2D eigenvalue weighted by atomic mass is 10.2. The first kappa shape index (κ1) is 17.3. The lowest BCUT2D eigenvalue weighted by Crippen LogP contribution is -2.40. The molecule has 0 aromatic heterocycles. The Kier molecular flexibility index (Phi) is 5.62. The predicted molar refractivity (Wildman–Crippen MR) is 79.5 cm³/mol. The quantitative estimate of drug-likeness (QED) is 0.795. The molecule has 0 fully saturated rings. The summed E-state index contributed by atoms with van der Waals surface area (Å²) in [6.07, 6.45) is 0. The van der Waals surface area contributed by atoms with Gasteiger partial charge in [0.1, 0.15) is 0 Å². The predicted octanol–water partition coefficient (Wildman–Crippen LogP) is 1.03. The molecular weight excluding hydrogens is 292 g/mol. The number of carbonyl (C=O) groups excluding carboxylic acids is 2. The minimum Gasteiger partial charge on any atom is -0.353 e. The Morgan fingerprint density at radius 1 is 1.19 bits per heavy atom. The van der Waals surface area contributed by atoms with Crippen LogP contribution < -0.4 is 5.32 Å². The molecule has 0 unspecified atom stereocenters. The van der Waals surface area contributed by atoms with Crippen LogP contribution in [0.25, 0.3) is 0 Å². The molecule has 0 spiro atoms. The highest BCUT2D eigenvalue weighted by Crippen LogP contribution is 2.15. The number of ketones is 1. The molecule has 6 nitrogen and oxygen atoms in total. The van der Waals surface area contributed by atoms with Gasteiger partial charge in [-0.3, -0.25) is 9.59 Å². The fourth-order valence-electron chi connectivity index (χ4n) is 1.70. The summed E-state index contributed by atoms with van der Waals surface area (Å²) < 4.78 is 25.6. The van der Waals surface area contributed by atoms with E-state index in [4.69, 9.17) is 0 Å². The van der Waals surface area contributed by atoms with Crippen molar-refractivity contribution in [2.45, 2.75) is 31.7 Å². The Morgan fingerprint density at radius 3 is 2.14 bits per heavy atom. The van der Waals surface area contributed by atoms with Crippen molar-refractivity contribution < 1.29 is 18.0 Å². The Labute approximate surface area is 125 Å². The van der Waals surface area contributed by atoms with Crippen molar-refractivity contribution in [2.24, 2.45) is 0 Å². The van der Waals surface area contributed by atoms with Crippen LogP contribution in [0.5, 0.6) is 0 Å². The monoisotopic (exact) mass is 312 g/mol. The largest absolute Gasteiger partial charge is 0.353 e. The van der Waals surface area contributed by atoms with Crippen LogP contribution in [0.4, 0.5) is 0 Å². The van der Waals surface area contributed by atoms with Crippen molar-refractivity contribution in [3.63, 3.8) is 0 Å². The number of hydrogen-bond acceptors (Lipinski definition) is 4. The molecular formula is C14H20N2O4S. The Bertz CT molecular complexity index is 621. The molecule has 7 heteroatoms. The SMILES string of the molecule is CC(=O)c1ccc(S(=O)(=O)N(C)CC(=O)NC(C)C)cc1. The molecule has 1 aromatic carbocycles. The minimum atomic E-state index is -3.75. The van der Waals surface area contributed by atoms with E-state index in [9.17, 15) is 18.0 Å². The van der Waals surface area contributed by atoms with Gasteiger partial charge < -0.3 is 5.32 Å². The third kappa shape index (κ3) is 4.64. The number of sulfonamides is 1. The van der Waals surface area contributed by atoms with Gasteiger partial charge >= 0.3 is 0 Å². The maximum atomic E-state index is 12.3. The van der Waals surface area contributed by atoms with Crippen molar-refractivity contribution in [3.8, 4) is 0 Å². The van der Waals surface area contributed by atoms with Crippen LogP contribution >= 0.6 is 0 Å². The van der Waals surface area contributed by atoms with E-state index in [1.807, 2.05) is 0 Å². The Hall–Kier alpha value is -1.73. The highest BCUT2D eigenvalue weighted by atomic mass is 32.2. The van der Waals surface area contributed by atoms with E-state index in [0.29, 0.717) is 5.56 Å². The standard InChI is InChI=1S/C14H20N2O4S/c1-10(2)15-14(18)9-16(4)21(19,20)13-7-5-12(6-8-13)11(3)17/h5-8,10H,9H2,1-4H3,(H,15,18). The third-order valence-electron chi connectivity index (χ3n) is 2.78. The minimum absolute atomic E-state index is 0.0485. The topological polar surface area (TPSA) is 83.6 Å². The molecule has 1 aromatic rings. The van der Waals surface area contributed by atoms with Crippen LogP contribution in [-0.4, -0.2) is 44.0 Å². The maximum absolute atomic E-state index is 12.3. The number of Topliss-reactive ketones (excluding diaryl/α,β-unsaturated/α-hetero) is 1. The van der Waals surface area contributed by atoms with Gasteiger partial charge in [0.05, 0.1) is 11.4 Å². The lowest BCUT2D eigenvalue weighted by molar-refractivity contribution is -0.121. The number of nitrogens with zero attached hydrogens (tertiary/aromatic N) is 1. The highest BCUT2D eigenvalue weighted by Gasteiger charge is 2.23. The first-order valence-electron chi connectivity index (χ1n) is 6.51. The Morgan fingerprint density at radius 2 is 1.71 bits per heavy atom. The summed E-state index contributed by atoms with van der Waals surface area (Å²) in [5, 5.41) is 2.63. The maximum Gasteiger partial charge on any atom is 0.243 e. The summed E-state index contributed by atoms with van der Waals surface area (Å²) in [5.74, 6) is -0.500. The van der Waals surface area contributed by atoms with Gasteiger partial charge in [0.2, 0.25) is 15.9 Å². The summed E-state index contributed by atoms with van der Waals surface area (Å²) in [5.41, 5.74) is 0.439. The van der Waals surface area contributed by atoms with Crippen LogP contribution in [0, 0.1) is 0 Å². The number of carbonyl (C=O) groups is 2. The van der Waals surface area contributed by atoms with Gasteiger partial charge in [-0.1, -0.05) is 12.1 Å². The van der Waals surface area contributed by atoms with Crippen LogP contribution in [0.2, 0.25) is 0 Å². The van der Waals surface area contributed by atoms with E-state index in [-0.39, 0.29) is 29.2 Å². The summed E-state index contributed by atoms with van der Waals surface area (Å²) in [6.45, 7) is 4.75. The summed E-state index contributed by atoms with van der Waals surface area (Å²) in [4.78, 5) is 22.8. The van der Waals surface area contributed by atoms with Gasteiger partial charge in [0, 0.05) is 18.7 Å². The zero-order chi connectivity index (χ0) is 16.2. The van der Waals surface area contributed by atoms with Crippen LogP contribution in [-0.2, 0) is 14.8 Å². The first-order valence-corrected chi connectivity index (χ1v) is 7.95. The van der Waals surface area contributed by atoms with Crippen molar-refractivity contribution in [1.29, 1.82) is 0 Å². The molecule has 0 atom stereocenters. The number of amides is 1. The van der Waals surface area contributed by atoms with Crippen molar-refractivity contribution in [1.82, 2.24) is 9.62 Å². The van der Waals surface area contributed by atoms with Gasteiger partial charge in [0.15, 0.2) is 5.78 Å². The fourth-order valence-corrected chi connectivity index (χ4v) is 2.82. The summed E-state index contributed by atoms with van der Waals surface area (Å²) >= 11 is 0. The average Bonchev–Trinajstić information content (AvgIpc) is 2.37. The molecule has 21 heavy (non-hydrogen) atoms. The zero-order valence-corrected chi connectivity index (χ0v) is 13.4. The summed E-state index contributed by atoms with van der Waals surface area (Å²) in [7, 11) is -2.41. The van der Waals surface area contributed by atoms with Gasteiger partial charge in [-0.25, -0.2) is 8.42 Å². The van der Waals surface area contributed by atoms with Gasteiger partial charge in [-0.05, 0) is 32.9 Å². The van der Waals surface area contributed by atoms with E-state index < -0.39 is 10.0 Å². The number of rotatable bonds is 6. The molecule has 116 valence electrons. The molecule has 0 bridgehead atoms. The zero-order valence-electron chi connectivity index (χ0n) is 12.6. The van der Waals surface area contributed by atoms with Crippen LogP contribution in [0.15, 0.2) is 29.2 Å². The fraction of sp³-hybridized carbons (Fsp3) is 0.429. The van der Waals surface area contributed by atoms with Gasteiger partial charge in [-0.15, -0.1) is 0 Å². The molecule has 1 rings (SSSR count). The third-order valence-corrected chi connectivity index (χ3v) is 4.60. The van der Waals surface area contributed by atoms with Crippen LogP contribution in [0.1, 0.15) is 31.1 Å². The van der Waals surface area contributed by atoms with Gasteiger partial charge in [0.25, 0.3) is 0 Å². The van der Waals surface area contributed by atoms with E-state index in [0.717, 1.165) is 4.31 Å². The van der Waals surface area contributed by atoms with Crippen molar-refractivity contribution in [3.05, 3.63) is 29.8 Å². The van der Waals surface area contributed by atoms with Crippen molar-refractivity contribution in [2.75, 3.05) is 13.6 Å². The molecule has 0 aliphatic rings. The van der Waals surface area contributed by atoms with Crippen molar-refractivity contribution >= 4 is 21.7 Å². The second-order valence-electron chi connectivity index (χ2n) is 5.06. The molecule has 1 N–H and O–H groups in total. The molecule has 1 amide bonds. The molecule has 0 aliphatic carbocycles. The molecule has 0 radical (unpaired) electrons. The van der Waals surface area contributed by atoms with Gasteiger partial charge in [-0.2, -0.15) is 4.31 Å². The highest BCUT2D eigenvalue weighted by molar-refractivity contribution is 7.89. The second-order valence-corrected chi connectivity index (χ2v) is 7.11. The Balaban J connectivity index is 2.89. The smallest absolute Gasteiger partial charge is 0.243 e. The van der Waals surface area contributed by atoms with E-state index >= 15 is 0 Å². The van der Waals surface area contributed by atoms with E-state index in [2.05, 4.69) is 5.32 Å². The number of hydrogen-bond donors (Lipinski definition) is 1. The van der Waals surface area contributed by atoms with E-state index in [1.165, 1.54) is 38.2 Å². The molecule has 0 saturated heterocycles. The van der Waals surface area contributed by atoms with Crippen LogP contribution in [0.3, 0.4) is 0 Å². The number of benzene rings is 1. The van der Waals surface area contributed by atoms with E-state index in [1.54, 1.807) is 13.8 Å². The number of likely N-dealkylation sites (N-methyl/N-ethyl adjacent to an activating group) is 1. The molecule has 0 aliphatic heterocycles. The molecule has 0 heterocycles. The second kappa shape index (κ2) is 6.82. The normalized spacial score (nSPS) is 11.7. The summed E-state index contributed by atoms with van der Waals surface area (Å²) in [6, 6.07) is 5.59. The first-order chi connectivity index (χ1) is 9.64. The number of nitrogens with one attached hydrogen (secondary N) is 1.